The van der Waals surface area contributed by atoms with Crippen molar-refractivity contribution in [1.82, 2.24) is 0 Å². The van der Waals surface area contributed by atoms with Gasteiger partial charge in [-0.15, -0.1) is 0 Å². The van der Waals surface area contributed by atoms with Gasteiger partial charge >= 0.3 is 5.97 Å². The fraction of sp³-hybridized carbons (Fsp3) is 0.905. The monoisotopic (exact) mass is 332 g/mol. The van der Waals surface area contributed by atoms with Gasteiger partial charge in [0.15, 0.2) is 0 Å². The van der Waals surface area contributed by atoms with Gasteiger partial charge in [0.2, 0.25) is 0 Å². The third-order valence-corrected chi connectivity index (χ3v) is 8.70. The third-order valence-electron chi connectivity index (χ3n) is 8.70. The SMILES string of the molecule is CC(=O)O[C@H]1CC[C@@H]2[C@H]3CC[C@H]4CC(=O)CC[C@]4(C)[C@@H]3CC[C@@]12C. The summed E-state index contributed by atoms with van der Waals surface area (Å²) in [6.07, 6.45) is 10.1. The number of carbonyl (C=O) groups excluding carboxylic acids is 2. The molecule has 4 fully saturated rings. The molecule has 4 aliphatic carbocycles. The molecular formula is C21H32O3. The van der Waals surface area contributed by atoms with E-state index in [1.165, 1.54) is 32.1 Å². The molecular weight excluding hydrogens is 300 g/mol. The van der Waals surface area contributed by atoms with Crippen LogP contribution in [0.3, 0.4) is 0 Å². The molecule has 0 radical (unpaired) electrons. The number of carbonyl (C=O) groups is 2. The number of Topliss-reactive ketones (excluding diaryl/α,β-unsaturated/α-hetero) is 1. The largest absolute Gasteiger partial charge is 0.462 e. The number of fused-ring (bicyclic) bond motifs is 5. The smallest absolute Gasteiger partial charge is 0.302 e. The van der Waals surface area contributed by atoms with Crippen molar-refractivity contribution in [1.29, 1.82) is 0 Å². The maximum Gasteiger partial charge on any atom is 0.302 e. The van der Waals surface area contributed by atoms with Crippen LogP contribution in [0.15, 0.2) is 0 Å². The molecule has 0 spiro atoms. The molecule has 0 aromatic rings. The Labute approximate surface area is 145 Å². The highest BCUT2D eigenvalue weighted by molar-refractivity contribution is 5.79. The van der Waals surface area contributed by atoms with Gasteiger partial charge in [-0.05, 0) is 74.0 Å². The lowest BCUT2D eigenvalue weighted by atomic mass is 9.45. The van der Waals surface area contributed by atoms with Crippen molar-refractivity contribution in [2.24, 2.45) is 34.5 Å². The topological polar surface area (TPSA) is 43.4 Å². The van der Waals surface area contributed by atoms with Crippen molar-refractivity contribution in [2.75, 3.05) is 0 Å². The van der Waals surface area contributed by atoms with Crippen LogP contribution in [0.4, 0.5) is 0 Å². The summed E-state index contributed by atoms with van der Waals surface area (Å²) in [5.41, 5.74) is 0.554. The zero-order chi connectivity index (χ0) is 17.1. The first-order valence-electron chi connectivity index (χ1n) is 10.0. The molecule has 0 saturated heterocycles. The minimum absolute atomic E-state index is 0.120. The molecule has 4 aliphatic rings. The molecule has 0 bridgehead atoms. The molecule has 0 amide bonds. The Hall–Kier alpha value is -0.860. The van der Waals surface area contributed by atoms with E-state index in [1.54, 1.807) is 6.92 Å². The number of hydrogen-bond acceptors (Lipinski definition) is 3. The second-order valence-corrected chi connectivity index (χ2v) is 9.62. The zero-order valence-corrected chi connectivity index (χ0v) is 15.5. The van der Waals surface area contributed by atoms with E-state index in [0.717, 1.165) is 37.5 Å². The van der Waals surface area contributed by atoms with Crippen molar-refractivity contribution in [2.45, 2.75) is 84.7 Å². The molecule has 4 rings (SSSR count). The molecule has 3 heteroatoms. The van der Waals surface area contributed by atoms with E-state index >= 15 is 0 Å². The number of rotatable bonds is 1. The standard InChI is InChI=1S/C21H32O3/c1-13(22)24-19-7-6-17-16-5-4-14-12-15(23)8-10-20(14,2)18(16)9-11-21(17,19)3/h14,16-19H,4-12H2,1-3H3/t14-,16+,17+,18+,19-,20-,21+/m0/s1. The van der Waals surface area contributed by atoms with Crippen LogP contribution in [0.25, 0.3) is 0 Å². The van der Waals surface area contributed by atoms with Gasteiger partial charge < -0.3 is 4.74 Å². The lowest BCUT2D eigenvalue weighted by Gasteiger charge is -2.60. The fourth-order valence-electron chi connectivity index (χ4n) is 7.39. The molecule has 24 heavy (non-hydrogen) atoms. The summed E-state index contributed by atoms with van der Waals surface area (Å²) >= 11 is 0. The first kappa shape index (κ1) is 16.6. The van der Waals surface area contributed by atoms with E-state index in [0.29, 0.717) is 23.0 Å². The Kier molecular flexibility index (Phi) is 3.85. The summed E-state index contributed by atoms with van der Waals surface area (Å²) in [5, 5.41) is 0. The Morgan fingerprint density at radius 3 is 2.50 bits per heavy atom. The summed E-state index contributed by atoms with van der Waals surface area (Å²) in [4.78, 5) is 23.5. The molecule has 0 heterocycles. The average Bonchev–Trinajstić information content (AvgIpc) is 2.84. The van der Waals surface area contributed by atoms with Gasteiger partial charge in [-0.1, -0.05) is 13.8 Å². The second-order valence-electron chi connectivity index (χ2n) is 9.62. The van der Waals surface area contributed by atoms with E-state index in [2.05, 4.69) is 13.8 Å². The van der Waals surface area contributed by atoms with Crippen LogP contribution in [-0.4, -0.2) is 17.9 Å². The van der Waals surface area contributed by atoms with Gasteiger partial charge in [0.1, 0.15) is 11.9 Å². The Bertz CT molecular complexity index is 555. The van der Waals surface area contributed by atoms with Crippen LogP contribution in [0.5, 0.6) is 0 Å². The van der Waals surface area contributed by atoms with Crippen LogP contribution in [-0.2, 0) is 14.3 Å². The van der Waals surface area contributed by atoms with Crippen LogP contribution in [0.1, 0.15) is 78.6 Å². The molecule has 4 saturated carbocycles. The highest BCUT2D eigenvalue weighted by atomic mass is 16.5. The van der Waals surface area contributed by atoms with Crippen molar-refractivity contribution in [3.8, 4) is 0 Å². The Balaban J connectivity index is 1.58. The lowest BCUT2D eigenvalue weighted by Crippen LogP contribution is -2.54. The molecule has 3 nitrogen and oxygen atoms in total. The number of ketones is 1. The zero-order valence-electron chi connectivity index (χ0n) is 15.5. The lowest BCUT2D eigenvalue weighted by molar-refractivity contribution is -0.162. The molecule has 7 atom stereocenters. The highest BCUT2D eigenvalue weighted by Crippen LogP contribution is 2.66. The van der Waals surface area contributed by atoms with E-state index in [9.17, 15) is 9.59 Å². The van der Waals surface area contributed by atoms with Gasteiger partial charge in [0.25, 0.3) is 0 Å². The summed E-state index contributed by atoms with van der Waals surface area (Å²) in [6, 6.07) is 0. The molecule has 0 unspecified atom stereocenters. The van der Waals surface area contributed by atoms with Gasteiger partial charge in [-0.25, -0.2) is 0 Å². The van der Waals surface area contributed by atoms with Crippen LogP contribution < -0.4 is 0 Å². The first-order chi connectivity index (χ1) is 11.3. The van der Waals surface area contributed by atoms with Crippen molar-refractivity contribution in [3.05, 3.63) is 0 Å². The summed E-state index contributed by atoms with van der Waals surface area (Å²) < 4.78 is 5.73. The first-order valence-corrected chi connectivity index (χ1v) is 10.0. The maximum absolute atomic E-state index is 12.0. The quantitative estimate of drug-likeness (QED) is 0.663. The minimum Gasteiger partial charge on any atom is -0.462 e. The third kappa shape index (κ3) is 2.29. The van der Waals surface area contributed by atoms with Crippen LogP contribution >= 0.6 is 0 Å². The van der Waals surface area contributed by atoms with Crippen molar-refractivity contribution < 1.29 is 14.3 Å². The van der Waals surface area contributed by atoms with Crippen LogP contribution in [0, 0.1) is 34.5 Å². The predicted octanol–water partition coefficient (Wildman–Crippen LogP) is 4.53. The summed E-state index contributed by atoms with van der Waals surface area (Å²) in [6.45, 7) is 6.42. The molecule has 0 N–H and O–H groups in total. The van der Waals surface area contributed by atoms with E-state index in [4.69, 9.17) is 4.74 Å². The summed E-state index contributed by atoms with van der Waals surface area (Å²) in [5.74, 6) is 3.25. The van der Waals surface area contributed by atoms with E-state index < -0.39 is 0 Å². The predicted molar refractivity (Wildman–Crippen MR) is 92.3 cm³/mol. The second kappa shape index (κ2) is 5.57. The van der Waals surface area contributed by atoms with Gasteiger partial charge in [0, 0.05) is 25.2 Å². The maximum atomic E-state index is 12.0. The normalized spacial score (nSPS) is 50.6. The van der Waals surface area contributed by atoms with E-state index in [1.807, 2.05) is 0 Å². The number of hydrogen-bond donors (Lipinski definition) is 0. The van der Waals surface area contributed by atoms with Gasteiger partial charge in [0.05, 0.1) is 0 Å². The Morgan fingerprint density at radius 1 is 1.00 bits per heavy atom. The number of ether oxygens (including phenoxy) is 1. The summed E-state index contributed by atoms with van der Waals surface area (Å²) in [7, 11) is 0. The van der Waals surface area contributed by atoms with Crippen molar-refractivity contribution in [3.63, 3.8) is 0 Å². The van der Waals surface area contributed by atoms with E-state index in [-0.39, 0.29) is 17.5 Å². The van der Waals surface area contributed by atoms with Crippen molar-refractivity contribution >= 4 is 11.8 Å². The molecule has 134 valence electrons. The average molecular weight is 332 g/mol. The molecule has 0 aromatic heterocycles. The Morgan fingerprint density at radius 2 is 1.75 bits per heavy atom. The minimum atomic E-state index is -0.120. The molecule has 0 aromatic carbocycles. The fourth-order valence-corrected chi connectivity index (χ4v) is 7.39. The highest BCUT2D eigenvalue weighted by Gasteiger charge is 2.60. The van der Waals surface area contributed by atoms with Crippen LogP contribution in [0.2, 0.25) is 0 Å². The van der Waals surface area contributed by atoms with Gasteiger partial charge in [-0.3, -0.25) is 9.59 Å². The number of esters is 1. The van der Waals surface area contributed by atoms with Gasteiger partial charge in [-0.2, -0.15) is 0 Å². The molecule has 0 aliphatic heterocycles.